The van der Waals surface area contributed by atoms with Crippen LogP contribution in [0.5, 0.6) is 0 Å². The first kappa shape index (κ1) is 18.2. The predicted octanol–water partition coefficient (Wildman–Crippen LogP) is 5.55. The maximum atomic E-state index is 3.58. The Morgan fingerprint density at radius 1 is 1.00 bits per heavy atom. The van der Waals surface area contributed by atoms with Crippen LogP contribution in [0.2, 0.25) is 0 Å². The van der Waals surface area contributed by atoms with Crippen molar-refractivity contribution in [3.05, 3.63) is 35.4 Å². The lowest BCUT2D eigenvalue weighted by molar-refractivity contribution is 0.386. The number of rotatable bonds is 8. The lowest BCUT2D eigenvalue weighted by atomic mass is 9.94. The molecular formula is C20H35N. The molecule has 0 fully saturated rings. The Kier molecular flexibility index (Phi) is 7.45. The minimum atomic E-state index is 0.242. The van der Waals surface area contributed by atoms with Crippen LogP contribution in [-0.4, -0.2) is 12.1 Å². The Bertz CT molecular complexity index is 385. The molecule has 0 saturated carbocycles. The van der Waals surface area contributed by atoms with Gasteiger partial charge in [-0.15, -0.1) is 0 Å². The van der Waals surface area contributed by atoms with Crippen LogP contribution in [0.4, 0.5) is 0 Å². The lowest BCUT2D eigenvalue weighted by Crippen LogP contribution is -2.36. The number of nitrogens with one attached hydrogen (secondary N) is 1. The van der Waals surface area contributed by atoms with Crippen LogP contribution in [0, 0.1) is 5.92 Å². The Morgan fingerprint density at radius 3 is 2.14 bits per heavy atom. The van der Waals surface area contributed by atoms with Gasteiger partial charge in [-0.05, 0) is 76.0 Å². The summed E-state index contributed by atoms with van der Waals surface area (Å²) in [5.74, 6) is 1.47. The summed E-state index contributed by atoms with van der Waals surface area (Å²) in [4.78, 5) is 0. The maximum absolute atomic E-state index is 3.58. The molecule has 1 nitrogen and oxygen atoms in total. The second kappa shape index (κ2) is 8.58. The number of hydrogen-bond acceptors (Lipinski definition) is 1. The molecule has 0 aliphatic carbocycles. The third-order valence-corrected chi connectivity index (χ3v) is 4.38. The van der Waals surface area contributed by atoms with Crippen LogP contribution in [0.15, 0.2) is 24.3 Å². The molecule has 0 aromatic heterocycles. The Hall–Kier alpha value is -0.820. The van der Waals surface area contributed by atoms with Gasteiger partial charge in [-0.2, -0.15) is 0 Å². The van der Waals surface area contributed by atoms with Crippen LogP contribution in [0.1, 0.15) is 77.8 Å². The molecule has 1 heteroatoms. The molecule has 0 aliphatic heterocycles. The zero-order valence-electron chi connectivity index (χ0n) is 15.0. The van der Waals surface area contributed by atoms with Crippen molar-refractivity contribution < 1.29 is 0 Å². The van der Waals surface area contributed by atoms with Crippen LogP contribution in [0.3, 0.4) is 0 Å². The zero-order valence-corrected chi connectivity index (χ0v) is 15.0. The van der Waals surface area contributed by atoms with Crippen molar-refractivity contribution in [2.75, 3.05) is 6.54 Å². The predicted molar refractivity (Wildman–Crippen MR) is 95.0 cm³/mol. The standard InChI is InChI=1S/C20H35N/c1-7-17(3)19-12-10-18(11-13-19)9-8-16(2)14-15-21-20(4,5)6/h10-13,16-17,21H,7-9,14-15H2,1-6H3. The summed E-state index contributed by atoms with van der Waals surface area (Å²) in [6.07, 6.45) is 4.98. The van der Waals surface area contributed by atoms with E-state index in [4.69, 9.17) is 0 Å². The fraction of sp³-hybridized carbons (Fsp3) is 0.700. The molecule has 2 atom stereocenters. The fourth-order valence-corrected chi connectivity index (χ4v) is 2.50. The fourth-order valence-electron chi connectivity index (χ4n) is 2.50. The summed E-state index contributed by atoms with van der Waals surface area (Å²) in [5.41, 5.74) is 3.20. The highest BCUT2D eigenvalue weighted by atomic mass is 14.9. The second-order valence-electron chi connectivity index (χ2n) is 7.66. The summed E-state index contributed by atoms with van der Waals surface area (Å²) in [5, 5.41) is 3.58. The van der Waals surface area contributed by atoms with Gasteiger partial charge in [0.05, 0.1) is 0 Å². The normalized spacial score (nSPS) is 15.0. The smallest absolute Gasteiger partial charge is 0.00965 e. The quantitative estimate of drug-likeness (QED) is 0.662. The molecule has 0 saturated heterocycles. The van der Waals surface area contributed by atoms with Gasteiger partial charge >= 0.3 is 0 Å². The number of hydrogen-bond donors (Lipinski definition) is 1. The average molecular weight is 290 g/mol. The first-order valence-corrected chi connectivity index (χ1v) is 8.65. The summed E-state index contributed by atoms with van der Waals surface area (Å²) in [6.45, 7) is 14.8. The van der Waals surface area contributed by atoms with Crippen molar-refractivity contribution in [2.45, 2.75) is 78.7 Å². The Labute approximate surface area is 132 Å². The highest BCUT2D eigenvalue weighted by molar-refractivity contribution is 5.25. The molecule has 0 radical (unpaired) electrons. The minimum absolute atomic E-state index is 0.242. The van der Waals surface area contributed by atoms with E-state index in [1.807, 2.05) is 0 Å². The van der Waals surface area contributed by atoms with Crippen molar-refractivity contribution >= 4 is 0 Å². The van der Waals surface area contributed by atoms with Crippen LogP contribution >= 0.6 is 0 Å². The van der Waals surface area contributed by atoms with Gasteiger partial charge in [-0.3, -0.25) is 0 Å². The average Bonchev–Trinajstić information content (AvgIpc) is 2.43. The molecular weight excluding hydrogens is 254 g/mol. The SMILES string of the molecule is CCC(C)c1ccc(CCC(C)CCNC(C)(C)C)cc1. The van der Waals surface area contributed by atoms with Crippen molar-refractivity contribution in [2.24, 2.45) is 5.92 Å². The largest absolute Gasteiger partial charge is 0.312 e. The van der Waals surface area contributed by atoms with Gasteiger partial charge in [-0.1, -0.05) is 45.0 Å². The van der Waals surface area contributed by atoms with E-state index in [9.17, 15) is 0 Å². The second-order valence-corrected chi connectivity index (χ2v) is 7.66. The highest BCUT2D eigenvalue weighted by Gasteiger charge is 2.09. The first-order valence-electron chi connectivity index (χ1n) is 8.65. The van der Waals surface area contributed by atoms with E-state index in [2.05, 4.69) is 71.1 Å². The van der Waals surface area contributed by atoms with Crippen molar-refractivity contribution in [1.29, 1.82) is 0 Å². The number of benzene rings is 1. The van der Waals surface area contributed by atoms with Crippen molar-refractivity contribution in [3.63, 3.8) is 0 Å². The van der Waals surface area contributed by atoms with Gasteiger partial charge in [-0.25, -0.2) is 0 Å². The van der Waals surface area contributed by atoms with Crippen LogP contribution in [-0.2, 0) is 6.42 Å². The summed E-state index contributed by atoms with van der Waals surface area (Å²) >= 11 is 0. The molecule has 21 heavy (non-hydrogen) atoms. The van der Waals surface area contributed by atoms with Crippen LogP contribution < -0.4 is 5.32 Å². The molecule has 0 bridgehead atoms. The van der Waals surface area contributed by atoms with Gasteiger partial charge in [0.2, 0.25) is 0 Å². The molecule has 1 N–H and O–H groups in total. The molecule has 120 valence electrons. The topological polar surface area (TPSA) is 12.0 Å². The summed E-state index contributed by atoms with van der Waals surface area (Å²) in [7, 11) is 0. The van der Waals surface area contributed by atoms with Crippen LogP contribution in [0.25, 0.3) is 0 Å². The molecule has 0 amide bonds. The van der Waals surface area contributed by atoms with E-state index in [0.717, 1.165) is 12.5 Å². The van der Waals surface area contributed by atoms with Gasteiger partial charge in [0.1, 0.15) is 0 Å². The van der Waals surface area contributed by atoms with Gasteiger partial charge < -0.3 is 5.32 Å². The van der Waals surface area contributed by atoms with E-state index in [0.29, 0.717) is 5.92 Å². The third-order valence-electron chi connectivity index (χ3n) is 4.38. The van der Waals surface area contributed by atoms with Gasteiger partial charge in [0.15, 0.2) is 0 Å². The molecule has 0 aliphatic rings. The van der Waals surface area contributed by atoms with Crippen molar-refractivity contribution in [1.82, 2.24) is 5.32 Å². The minimum Gasteiger partial charge on any atom is -0.312 e. The zero-order chi connectivity index (χ0) is 15.9. The first-order chi connectivity index (χ1) is 9.81. The molecule has 1 rings (SSSR count). The maximum Gasteiger partial charge on any atom is 0.00965 e. The van der Waals surface area contributed by atoms with E-state index in [1.165, 1.54) is 36.8 Å². The molecule has 1 aromatic carbocycles. The molecule has 0 heterocycles. The molecule has 0 spiro atoms. The van der Waals surface area contributed by atoms with E-state index < -0.39 is 0 Å². The molecule has 1 aromatic rings. The highest BCUT2D eigenvalue weighted by Crippen LogP contribution is 2.20. The lowest BCUT2D eigenvalue weighted by Gasteiger charge is -2.22. The van der Waals surface area contributed by atoms with E-state index in [1.54, 1.807) is 0 Å². The monoisotopic (exact) mass is 289 g/mol. The van der Waals surface area contributed by atoms with Crippen molar-refractivity contribution in [3.8, 4) is 0 Å². The Morgan fingerprint density at radius 2 is 1.62 bits per heavy atom. The van der Waals surface area contributed by atoms with E-state index in [-0.39, 0.29) is 5.54 Å². The van der Waals surface area contributed by atoms with Gasteiger partial charge in [0.25, 0.3) is 0 Å². The Balaban J connectivity index is 2.31. The third kappa shape index (κ3) is 7.66. The summed E-state index contributed by atoms with van der Waals surface area (Å²) < 4.78 is 0. The number of aryl methyl sites for hydroxylation is 1. The molecule has 2 unspecified atom stereocenters. The van der Waals surface area contributed by atoms with Gasteiger partial charge in [0, 0.05) is 5.54 Å². The summed E-state index contributed by atoms with van der Waals surface area (Å²) in [6, 6.07) is 9.27. The van der Waals surface area contributed by atoms with E-state index >= 15 is 0 Å².